The number of aliphatic imine (C=N–C) groups is 1. The summed E-state index contributed by atoms with van der Waals surface area (Å²) in [6.07, 6.45) is 3.82. The highest BCUT2D eigenvalue weighted by Gasteiger charge is 2.36. The van der Waals surface area contributed by atoms with Gasteiger partial charge in [-0.3, -0.25) is 9.69 Å². The van der Waals surface area contributed by atoms with Gasteiger partial charge >= 0.3 is 0 Å². The van der Waals surface area contributed by atoms with E-state index in [9.17, 15) is 4.79 Å². The zero-order valence-electron chi connectivity index (χ0n) is 13.7. The van der Waals surface area contributed by atoms with Crippen LogP contribution in [0.4, 0.5) is 11.4 Å². The SMILES string of the molecule is O=C1C(=Nc2ccccc2)c2ccccc2N1C[NH+]1CCCCC1. The zero-order valence-corrected chi connectivity index (χ0v) is 13.7. The van der Waals surface area contributed by atoms with E-state index < -0.39 is 0 Å². The number of benzene rings is 2. The molecule has 0 bridgehead atoms. The van der Waals surface area contributed by atoms with E-state index in [1.807, 2.05) is 59.5 Å². The Balaban J connectivity index is 1.67. The molecule has 2 aliphatic heterocycles. The number of anilines is 1. The lowest BCUT2D eigenvalue weighted by atomic mass is 10.1. The van der Waals surface area contributed by atoms with E-state index in [1.54, 1.807) is 0 Å². The van der Waals surface area contributed by atoms with Crippen LogP contribution in [0, 0.1) is 0 Å². The number of quaternary nitrogens is 1. The standard InChI is InChI=1S/C20H21N3O/c24-20-19(21-16-9-3-1-4-10-16)17-11-5-6-12-18(17)23(20)15-22-13-7-2-8-14-22/h1,3-6,9-12H,2,7-8,13-15H2/p+1. The highest BCUT2D eigenvalue weighted by Crippen LogP contribution is 2.29. The maximum atomic E-state index is 13.0. The van der Waals surface area contributed by atoms with E-state index in [2.05, 4.69) is 4.99 Å². The van der Waals surface area contributed by atoms with Gasteiger partial charge in [0.2, 0.25) is 0 Å². The van der Waals surface area contributed by atoms with Crippen molar-refractivity contribution in [1.82, 2.24) is 0 Å². The molecule has 24 heavy (non-hydrogen) atoms. The Kier molecular flexibility index (Phi) is 4.13. The molecule has 2 aromatic carbocycles. The van der Waals surface area contributed by atoms with Crippen molar-refractivity contribution >= 4 is 23.0 Å². The van der Waals surface area contributed by atoms with Crippen molar-refractivity contribution in [3.8, 4) is 0 Å². The molecule has 2 aliphatic rings. The molecule has 0 atom stereocenters. The number of nitrogens with zero attached hydrogens (tertiary/aromatic N) is 2. The average molecular weight is 320 g/mol. The van der Waals surface area contributed by atoms with Crippen molar-refractivity contribution < 1.29 is 9.69 Å². The second-order valence-corrected chi connectivity index (χ2v) is 6.52. The molecule has 0 spiro atoms. The molecule has 1 amide bonds. The van der Waals surface area contributed by atoms with Crippen molar-refractivity contribution in [3.05, 3.63) is 60.2 Å². The third-order valence-corrected chi connectivity index (χ3v) is 4.84. The minimum Gasteiger partial charge on any atom is -0.317 e. The van der Waals surface area contributed by atoms with Gasteiger partial charge in [0.1, 0.15) is 5.71 Å². The summed E-state index contributed by atoms with van der Waals surface area (Å²) in [6, 6.07) is 17.7. The fraction of sp³-hybridized carbons (Fsp3) is 0.300. The largest absolute Gasteiger partial charge is 0.317 e. The van der Waals surface area contributed by atoms with Crippen molar-refractivity contribution in [3.63, 3.8) is 0 Å². The second-order valence-electron chi connectivity index (χ2n) is 6.52. The van der Waals surface area contributed by atoms with Gasteiger partial charge in [0.15, 0.2) is 6.67 Å². The van der Waals surface area contributed by atoms with Gasteiger partial charge in [-0.05, 0) is 37.5 Å². The first kappa shape index (κ1) is 15.1. The highest BCUT2D eigenvalue weighted by atomic mass is 16.2. The van der Waals surface area contributed by atoms with Gasteiger partial charge in [-0.1, -0.05) is 36.4 Å². The van der Waals surface area contributed by atoms with Crippen molar-refractivity contribution in [2.45, 2.75) is 19.3 Å². The number of nitrogens with one attached hydrogen (secondary N) is 1. The summed E-state index contributed by atoms with van der Waals surface area (Å²) in [6.45, 7) is 3.04. The van der Waals surface area contributed by atoms with Crippen LogP contribution in [0.15, 0.2) is 59.6 Å². The summed E-state index contributed by atoms with van der Waals surface area (Å²) >= 11 is 0. The van der Waals surface area contributed by atoms with Gasteiger partial charge in [-0.2, -0.15) is 0 Å². The van der Waals surface area contributed by atoms with Gasteiger partial charge in [0.05, 0.1) is 24.5 Å². The fourth-order valence-electron chi connectivity index (χ4n) is 3.59. The predicted octanol–water partition coefficient (Wildman–Crippen LogP) is 2.18. The van der Waals surface area contributed by atoms with Gasteiger partial charge in [0.25, 0.3) is 5.91 Å². The molecule has 0 radical (unpaired) electrons. The summed E-state index contributed by atoms with van der Waals surface area (Å²) in [5, 5.41) is 0. The van der Waals surface area contributed by atoms with E-state index in [-0.39, 0.29) is 5.91 Å². The first-order valence-corrected chi connectivity index (χ1v) is 8.71. The molecule has 1 N–H and O–H groups in total. The monoisotopic (exact) mass is 320 g/mol. The van der Waals surface area contributed by atoms with E-state index in [0.29, 0.717) is 5.71 Å². The Morgan fingerprint density at radius 1 is 0.917 bits per heavy atom. The van der Waals surface area contributed by atoms with Crippen LogP contribution in [0.25, 0.3) is 0 Å². The van der Waals surface area contributed by atoms with E-state index in [1.165, 1.54) is 24.2 Å². The molecule has 1 fully saturated rings. The Bertz CT molecular complexity index is 763. The van der Waals surface area contributed by atoms with Gasteiger partial charge in [-0.25, -0.2) is 4.99 Å². The number of amides is 1. The Morgan fingerprint density at radius 2 is 1.62 bits per heavy atom. The number of carbonyl (C=O) groups is 1. The number of rotatable bonds is 3. The van der Waals surface area contributed by atoms with Crippen LogP contribution in [-0.2, 0) is 4.79 Å². The van der Waals surface area contributed by atoms with E-state index in [4.69, 9.17) is 0 Å². The van der Waals surface area contributed by atoms with Crippen LogP contribution in [0.2, 0.25) is 0 Å². The number of hydrogen-bond acceptors (Lipinski definition) is 2. The van der Waals surface area contributed by atoms with Crippen LogP contribution < -0.4 is 9.80 Å². The summed E-state index contributed by atoms with van der Waals surface area (Å²) in [5.41, 5.74) is 3.33. The number of para-hydroxylation sites is 2. The van der Waals surface area contributed by atoms with Crippen molar-refractivity contribution in [1.29, 1.82) is 0 Å². The molecule has 2 heterocycles. The molecular weight excluding hydrogens is 298 g/mol. The summed E-state index contributed by atoms with van der Waals surface area (Å²) in [4.78, 5) is 21.1. The quantitative estimate of drug-likeness (QED) is 0.925. The molecular formula is C20H22N3O+. The second kappa shape index (κ2) is 6.57. The third-order valence-electron chi connectivity index (χ3n) is 4.84. The molecule has 0 saturated carbocycles. The predicted molar refractivity (Wildman–Crippen MR) is 96.0 cm³/mol. The van der Waals surface area contributed by atoms with Gasteiger partial charge < -0.3 is 4.90 Å². The minimum atomic E-state index is 0.0260. The maximum absolute atomic E-state index is 13.0. The molecule has 0 unspecified atom stereocenters. The Hall–Kier alpha value is -2.46. The Morgan fingerprint density at radius 3 is 2.42 bits per heavy atom. The lowest BCUT2D eigenvalue weighted by molar-refractivity contribution is -0.903. The third kappa shape index (κ3) is 2.85. The molecule has 4 nitrogen and oxygen atoms in total. The van der Waals surface area contributed by atoms with Crippen LogP contribution >= 0.6 is 0 Å². The first-order chi connectivity index (χ1) is 11.8. The topological polar surface area (TPSA) is 37.1 Å². The normalized spacial score (nSPS) is 19.8. The minimum absolute atomic E-state index is 0.0260. The van der Waals surface area contributed by atoms with Crippen LogP contribution in [0.5, 0.6) is 0 Å². The van der Waals surface area contributed by atoms with Crippen LogP contribution in [-0.4, -0.2) is 31.4 Å². The fourth-order valence-corrected chi connectivity index (χ4v) is 3.59. The van der Waals surface area contributed by atoms with E-state index in [0.717, 1.165) is 36.7 Å². The Labute approximate surface area is 142 Å². The van der Waals surface area contributed by atoms with Crippen LogP contribution in [0.3, 0.4) is 0 Å². The maximum Gasteiger partial charge on any atom is 0.281 e. The highest BCUT2D eigenvalue weighted by molar-refractivity contribution is 6.54. The van der Waals surface area contributed by atoms with Crippen molar-refractivity contribution in [2.24, 2.45) is 4.99 Å². The van der Waals surface area contributed by atoms with Crippen LogP contribution in [0.1, 0.15) is 24.8 Å². The van der Waals surface area contributed by atoms with Gasteiger partial charge in [0, 0.05) is 5.56 Å². The summed E-state index contributed by atoms with van der Waals surface area (Å²) in [5.74, 6) is 0.0260. The number of likely N-dealkylation sites (tertiary alicyclic amines) is 1. The molecule has 0 aromatic heterocycles. The number of piperidine rings is 1. The molecule has 2 aromatic rings. The smallest absolute Gasteiger partial charge is 0.281 e. The number of fused-ring (bicyclic) bond motifs is 1. The molecule has 0 aliphatic carbocycles. The van der Waals surface area contributed by atoms with E-state index >= 15 is 0 Å². The van der Waals surface area contributed by atoms with Crippen molar-refractivity contribution in [2.75, 3.05) is 24.7 Å². The number of hydrogen-bond donors (Lipinski definition) is 1. The molecule has 4 rings (SSSR count). The average Bonchev–Trinajstić information content (AvgIpc) is 2.90. The molecule has 122 valence electrons. The lowest BCUT2D eigenvalue weighted by Gasteiger charge is -2.27. The number of carbonyl (C=O) groups excluding carboxylic acids is 1. The zero-order chi connectivity index (χ0) is 16.4. The lowest BCUT2D eigenvalue weighted by Crippen LogP contribution is -3.14. The summed E-state index contributed by atoms with van der Waals surface area (Å²) in [7, 11) is 0. The summed E-state index contributed by atoms with van der Waals surface area (Å²) < 4.78 is 0. The molecule has 4 heteroatoms. The molecule has 1 saturated heterocycles. The van der Waals surface area contributed by atoms with Gasteiger partial charge in [-0.15, -0.1) is 0 Å². The first-order valence-electron chi connectivity index (χ1n) is 8.71.